The monoisotopic (exact) mass is 264 g/mol. The molecular formula is C15H24N2O2. The van der Waals surface area contributed by atoms with Crippen LogP contribution < -0.4 is 10.1 Å². The summed E-state index contributed by atoms with van der Waals surface area (Å²) >= 11 is 0. The highest BCUT2D eigenvalue weighted by Gasteiger charge is 2.20. The van der Waals surface area contributed by atoms with Gasteiger partial charge in [0.15, 0.2) is 0 Å². The minimum absolute atomic E-state index is 0.121. The third-order valence-electron chi connectivity index (χ3n) is 2.87. The number of hydrogen-bond donors (Lipinski definition) is 1. The fourth-order valence-corrected chi connectivity index (χ4v) is 1.72. The average Bonchev–Trinajstić information content (AvgIpc) is 3.16. The Balaban J connectivity index is 1.77. The summed E-state index contributed by atoms with van der Waals surface area (Å²) in [5.41, 5.74) is 0.995. The summed E-state index contributed by atoms with van der Waals surface area (Å²) in [5, 5.41) is 3.48. The third-order valence-corrected chi connectivity index (χ3v) is 2.87. The van der Waals surface area contributed by atoms with E-state index in [9.17, 15) is 0 Å². The lowest BCUT2D eigenvalue weighted by Gasteiger charge is -2.19. The first-order chi connectivity index (χ1) is 9.04. The van der Waals surface area contributed by atoms with Crippen molar-refractivity contribution in [2.45, 2.75) is 51.8 Å². The van der Waals surface area contributed by atoms with Crippen LogP contribution in [0.2, 0.25) is 0 Å². The zero-order valence-electron chi connectivity index (χ0n) is 12.1. The molecule has 0 radical (unpaired) electrons. The van der Waals surface area contributed by atoms with Crippen LogP contribution in [-0.4, -0.2) is 29.8 Å². The van der Waals surface area contributed by atoms with Gasteiger partial charge in [0.1, 0.15) is 6.61 Å². The SMILES string of the molecule is CC(C)(C)OCCOc1ncccc1CNC1CC1. The predicted molar refractivity (Wildman–Crippen MR) is 75.3 cm³/mol. The molecule has 1 heterocycles. The summed E-state index contributed by atoms with van der Waals surface area (Å²) in [7, 11) is 0. The van der Waals surface area contributed by atoms with Gasteiger partial charge in [-0.3, -0.25) is 0 Å². The molecule has 1 aliphatic rings. The number of rotatable bonds is 7. The molecule has 0 atom stereocenters. The molecule has 4 nitrogen and oxygen atoms in total. The van der Waals surface area contributed by atoms with Crippen LogP contribution in [-0.2, 0) is 11.3 Å². The molecule has 1 saturated carbocycles. The van der Waals surface area contributed by atoms with Gasteiger partial charge in [0.2, 0.25) is 5.88 Å². The molecule has 0 saturated heterocycles. The molecule has 1 N–H and O–H groups in total. The van der Waals surface area contributed by atoms with E-state index in [1.165, 1.54) is 12.8 Å². The van der Waals surface area contributed by atoms with Gasteiger partial charge < -0.3 is 14.8 Å². The smallest absolute Gasteiger partial charge is 0.217 e. The number of pyridine rings is 1. The quantitative estimate of drug-likeness (QED) is 0.769. The van der Waals surface area contributed by atoms with Gasteiger partial charge in [0.05, 0.1) is 12.2 Å². The topological polar surface area (TPSA) is 43.4 Å². The van der Waals surface area contributed by atoms with E-state index in [0.29, 0.717) is 25.1 Å². The number of aromatic nitrogens is 1. The molecule has 1 aliphatic carbocycles. The molecule has 0 spiro atoms. The maximum absolute atomic E-state index is 5.71. The predicted octanol–water partition coefficient (Wildman–Crippen LogP) is 2.53. The first-order valence-electron chi connectivity index (χ1n) is 6.99. The van der Waals surface area contributed by atoms with Crippen molar-refractivity contribution in [3.05, 3.63) is 23.9 Å². The first-order valence-corrected chi connectivity index (χ1v) is 6.99. The molecule has 4 heteroatoms. The fourth-order valence-electron chi connectivity index (χ4n) is 1.72. The van der Waals surface area contributed by atoms with E-state index in [4.69, 9.17) is 9.47 Å². The maximum Gasteiger partial charge on any atom is 0.217 e. The molecule has 1 aromatic heterocycles. The Morgan fingerprint density at radius 1 is 1.32 bits per heavy atom. The zero-order valence-corrected chi connectivity index (χ0v) is 12.1. The Bertz CT molecular complexity index is 397. The largest absolute Gasteiger partial charge is 0.475 e. The number of ether oxygens (including phenoxy) is 2. The van der Waals surface area contributed by atoms with Crippen LogP contribution in [0.25, 0.3) is 0 Å². The van der Waals surface area contributed by atoms with Crippen molar-refractivity contribution >= 4 is 0 Å². The highest BCUT2D eigenvalue weighted by molar-refractivity contribution is 5.25. The van der Waals surface area contributed by atoms with Crippen LogP contribution in [0.15, 0.2) is 18.3 Å². The van der Waals surface area contributed by atoms with Crippen LogP contribution in [0.3, 0.4) is 0 Å². The molecule has 1 aromatic rings. The van der Waals surface area contributed by atoms with Gasteiger partial charge >= 0.3 is 0 Å². The Morgan fingerprint density at radius 3 is 2.79 bits per heavy atom. The molecule has 106 valence electrons. The summed E-state index contributed by atoms with van der Waals surface area (Å²) in [4.78, 5) is 4.29. The van der Waals surface area contributed by atoms with Crippen LogP contribution in [0.5, 0.6) is 5.88 Å². The van der Waals surface area contributed by atoms with Gasteiger partial charge in [-0.15, -0.1) is 0 Å². The van der Waals surface area contributed by atoms with Crippen molar-refractivity contribution in [3.8, 4) is 5.88 Å². The van der Waals surface area contributed by atoms with E-state index >= 15 is 0 Å². The van der Waals surface area contributed by atoms with Crippen LogP contribution in [0.1, 0.15) is 39.2 Å². The Kier molecular flexibility index (Phi) is 4.77. The van der Waals surface area contributed by atoms with Crippen molar-refractivity contribution in [2.75, 3.05) is 13.2 Å². The number of hydrogen-bond acceptors (Lipinski definition) is 4. The van der Waals surface area contributed by atoms with E-state index in [-0.39, 0.29) is 5.60 Å². The Morgan fingerprint density at radius 2 is 2.11 bits per heavy atom. The van der Waals surface area contributed by atoms with Crippen LogP contribution in [0.4, 0.5) is 0 Å². The van der Waals surface area contributed by atoms with E-state index in [1.807, 2.05) is 26.8 Å². The minimum atomic E-state index is -0.121. The molecule has 0 amide bonds. The van der Waals surface area contributed by atoms with Crippen molar-refractivity contribution in [3.63, 3.8) is 0 Å². The molecule has 0 aliphatic heterocycles. The van der Waals surface area contributed by atoms with Crippen molar-refractivity contribution < 1.29 is 9.47 Å². The molecule has 0 unspecified atom stereocenters. The number of nitrogens with zero attached hydrogens (tertiary/aromatic N) is 1. The normalized spacial score (nSPS) is 15.5. The van der Waals surface area contributed by atoms with E-state index in [0.717, 1.165) is 12.1 Å². The zero-order chi connectivity index (χ0) is 13.7. The van der Waals surface area contributed by atoms with Gasteiger partial charge in [0, 0.05) is 24.3 Å². The van der Waals surface area contributed by atoms with E-state index in [2.05, 4.69) is 16.4 Å². The maximum atomic E-state index is 5.71. The van der Waals surface area contributed by atoms with Gasteiger partial charge in [-0.2, -0.15) is 0 Å². The van der Waals surface area contributed by atoms with Gasteiger partial charge in [0.25, 0.3) is 0 Å². The third kappa shape index (κ3) is 5.57. The lowest BCUT2D eigenvalue weighted by molar-refractivity contribution is -0.0169. The number of nitrogens with one attached hydrogen (secondary N) is 1. The van der Waals surface area contributed by atoms with Crippen molar-refractivity contribution in [2.24, 2.45) is 0 Å². The summed E-state index contributed by atoms with van der Waals surface area (Å²) in [5.74, 6) is 0.716. The minimum Gasteiger partial charge on any atom is -0.475 e. The second-order valence-electron chi connectivity index (χ2n) is 5.93. The van der Waals surface area contributed by atoms with E-state index < -0.39 is 0 Å². The Labute approximate surface area is 115 Å². The first kappa shape index (κ1) is 14.3. The summed E-state index contributed by atoms with van der Waals surface area (Å²) < 4.78 is 11.3. The van der Waals surface area contributed by atoms with Gasteiger partial charge in [-0.05, 0) is 39.7 Å². The molecule has 2 rings (SSSR count). The molecule has 0 aromatic carbocycles. The fraction of sp³-hybridized carbons (Fsp3) is 0.667. The second kappa shape index (κ2) is 6.35. The summed E-state index contributed by atoms with van der Waals surface area (Å²) in [6.45, 7) is 8.06. The standard InChI is InChI=1S/C15H24N2O2/c1-15(2,3)19-10-9-18-14-12(5-4-8-16-14)11-17-13-6-7-13/h4-5,8,13,17H,6-7,9-11H2,1-3H3. The summed E-state index contributed by atoms with van der Waals surface area (Å²) in [6.07, 6.45) is 4.34. The van der Waals surface area contributed by atoms with E-state index in [1.54, 1.807) is 6.20 Å². The summed E-state index contributed by atoms with van der Waals surface area (Å²) in [6, 6.07) is 4.70. The highest BCUT2D eigenvalue weighted by atomic mass is 16.5. The second-order valence-corrected chi connectivity index (χ2v) is 5.93. The lowest BCUT2D eigenvalue weighted by atomic mass is 10.2. The van der Waals surface area contributed by atoms with Crippen molar-refractivity contribution in [1.29, 1.82) is 0 Å². The average molecular weight is 264 g/mol. The Hall–Kier alpha value is -1.13. The molecular weight excluding hydrogens is 240 g/mol. The van der Waals surface area contributed by atoms with Crippen molar-refractivity contribution in [1.82, 2.24) is 10.3 Å². The van der Waals surface area contributed by atoms with Crippen LogP contribution in [0, 0.1) is 0 Å². The molecule has 0 bridgehead atoms. The van der Waals surface area contributed by atoms with Crippen LogP contribution >= 0.6 is 0 Å². The lowest BCUT2D eigenvalue weighted by Crippen LogP contribution is -2.23. The van der Waals surface area contributed by atoms with Gasteiger partial charge in [-0.25, -0.2) is 4.98 Å². The molecule has 1 fully saturated rings. The highest BCUT2D eigenvalue weighted by Crippen LogP contribution is 2.21. The molecule has 19 heavy (non-hydrogen) atoms. The van der Waals surface area contributed by atoms with Gasteiger partial charge in [-0.1, -0.05) is 6.07 Å².